The highest BCUT2D eigenvalue weighted by atomic mass is 32.1. The maximum Gasteiger partial charge on any atom is 0.253 e. The Hall–Kier alpha value is -1.92. The maximum absolute atomic E-state index is 12.7. The molecule has 0 spiro atoms. The van der Waals surface area contributed by atoms with Gasteiger partial charge in [-0.2, -0.15) is 0 Å². The summed E-state index contributed by atoms with van der Waals surface area (Å²) in [6.07, 6.45) is 2.16. The molecular weight excluding hydrogens is 358 g/mol. The molecular formula is C21H29N3O2S. The lowest BCUT2D eigenvalue weighted by Gasteiger charge is -2.34. The molecule has 1 aliphatic rings. The fraction of sp³-hybridized carbons (Fsp3) is 0.524. The molecule has 0 atom stereocenters. The number of benzene rings is 1. The number of aromatic nitrogens is 1. The molecule has 27 heavy (non-hydrogen) atoms. The SMILES string of the molecule is CCCCOc1ccc(C(=O)N2CCN(Cc3nc(C)c(C)s3)CC2)cc1. The molecule has 1 saturated heterocycles. The van der Waals surface area contributed by atoms with Crippen LogP contribution in [0.1, 0.15) is 45.7 Å². The number of hydrogen-bond acceptors (Lipinski definition) is 5. The molecule has 0 aliphatic carbocycles. The largest absolute Gasteiger partial charge is 0.494 e. The summed E-state index contributed by atoms with van der Waals surface area (Å²) >= 11 is 1.78. The number of piperazine rings is 1. The van der Waals surface area contributed by atoms with Crippen LogP contribution in [0.5, 0.6) is 5.75 Å². The van der Waals surface area contributed by atoms with Gasteiger partial charge in [0.25, 0.3) is 5.91 Å². The van der Waals surface area contributed by atoms with Crippen LogP contribution in [0, 0.1) is 13.8 Å². The van der Waals surface area contributed by atoms with Gasteiger partial charge in [0.1, 0.15) is 10.8 Å². The number of aryl methyl sites for hydroxylation is 2. The average molecular weight is 388 g/mol. The molecule has 1 aliphatic heterocycles. The summed E-state index contributed by atoms with van der Waals surface area (Å²) in [7, 11) is 0. The van der Waals surface area contributed by atoms with Crippen LogP contribution in [0.3, 0.4) is 0 Å². The van der Waals surface area contributed by atoms with Gasteiger partial charge in [-0.3, -0.25) is 9.69 Å². The zero-order valence-electron chi connectivity index (χ0n) is 16.5. The van der Waals surface area contributed by atoms with Crippen LogP contribution in [0.15, 0.2) is 24.3 Å². The molecule has 1 aromatic carbocycles. The molecule has 6 heteroatoms. The first-order valence-corrected chi connectivity index (χ1v) is 10.6. The quantitative estimate of drug-likeness (QED) is 0.676. The standard InChI is InChI=1S/C21H29N3O2S/c1-4-5-14-26-19-8-6-18(7-9-19)21(25)24-12-10-23(11-13-24)15-20-22-16(2)17(3)27-20/h6-9H,4-5,10-15H2,1-3H3. The van der Waals surface area contributed by atoms with Gasteiger partial charge in [-0.05, 0) is 44.5 Å². The average Bonchev–Trinajstić information content (AvgIpc) is 3.00. The van der Waals surface area contributed by atoms with Gasteiger partial charge in [0.05, 0.1) is 18.8 Å². The molecule has 0 bridgehead atoms. The van der Waals surface area contributed by atoms with E-state index in [1.807, 2.05) is 29.2 Å². The third-order valence-corrected chi connectivity index (χ3v) is 6.02. The van der Waals surface area contributed by atoms with Gasteiger partial charge in [-0.15, -0.1) is 11.3 Å². The normalized spacial score (nSPS) is 15.1. The Morgan fingerprint density at radius 2 is 1.85 bits per heavy atom. The summed E-state index contributed by atoms with van der Waals surface area (Å²) in [6.45, 7) is 11.2. The van der Waals surface area contributed by atoms with Gasteiger partial charge < -0.3 is 9.64 Å². The van der Waals surface area contributed by atoms with Crippen molar-refractivity contribution in [3.8, 4) is 5.75 Å². The second-order valence-corrected chi connectivity index (χ2v) is 8.33. The van der Waals surface area contributed by atoms with Gasteiger partial charge in [0.2, 0.25) is 0 Å². The van der Waals surface area contributed by atoms with Gasteiger partial charge in [-0.25, -0.2) is 4.98 Å². The Morgan fingerprint density at radius 3 is 2.44 bits per heavy atom. The topological polar surface area (TPSA) is 45.7 Å². The van der Waals surface area contributed by atoms with E-state index in [1.54, 1.807) is 11.3 Å². The molecule has 1 fully saturated rings. The first-order chi connectivity index (χ1) is 13.1. The van der Waals surface area contributed by atoms with Gasteiger partial charge >= 0.3 is 0 Å². The van der Waals surface area contributed by atoms with Crippen LogP contribution in [0.4, 0.5) is 0 Å². The van der Waals surface area contributed by atoms with Crippen molar-refractivity contribution in [2.24, 2.45) is 0 Å². The van der Waals surface area contributed by atoms with E-state index in [4.69, 9.17) is 4.74 Å². The number of carbonyl (C=O) groups is 1. The van der Waals surface area contributed by atoms with Gasteiger partial charge in [-0.1, -0.05) is 13.3 Å². The molecule has 2 aromatic rings. The molecule has 0 radical (unpaired) electrons. The van der Waals surface area contributed by atoms with E-state index in [0.29, 0.717) is 0 Å². The number of amides is 1. The van der Waals surface area contributed by atoms with Crippen molar-refractivity contribution in [3.63, 3.8) is 0 Å². The molecule has 0 unspecified atom stereocenters. The van der Waals surface area contributed by atoms with Crippen LogP contribution < -0.4 is 4.74 Å². The molecule has 0 N–H and O–H groups in total. The van der Waals surface area contributed by atoms with Crippen LogP contribution >= 0.6 is 11.3 Å². The molecule has 1 aromatic heterocycles. The lowest BCUT2D eigenvalue weighted by atomic mass is 10.1. The highest BCUT2D eigenvalue weighted by Gasteiger charge is 2.23. The predicted octanol–water partition coefficient (Wildman–Crippen LogP) is 3.90. The van der Waals surface area contributed by atoms with E-state index >= 15 is 0 Å². The molecule has 146 valence electrons. The van der Waals surface area contributed by atoms with Gasteiger partial charge in [0, 0.05) is 36.6 Å². The van der Waals surface area contributed by atoms with E-state index in [-0.39, 0.29) is 5.91 Å². The Morgan fingerprint density at radius 1 is 1.15 bits per heavy atom. The smallest absolute Gasteiger partial charge is 0.253 e. The molecule has 5 nitrogen and oxygen atoms in total. The minimum absolute atomic E-state index is 0.107. The number of hydrogen-bond donors (Lipinski definition) is 0. The van der Waals surface area contributed by atoms with Crippen molar-refractivity contribution in [2.75, 3.05) is 32.8 Å². The highest BCUT2D eigenvalue weighted by molar-refractivity contribution is 7.11. The number of nitrogens with zero attached hydrogens (tertiary/aromatic N) is 3. The van der Waals surface area contributed by atoms with E-state index in [9.17, 15) is 4.79 Å². The second kappa shape index (κ2) is 9.33. The van der Waals surface area contributed by atoms with Crippen molar-refractivity contribution < 1.29 is 9.53 Å². The monoisotopic (exact) mass is 387 g/mol. The number of rotatable bonds is 7. The summed E-state index contributed by atoms with van der Waals surface area (Å²) in [6, 6.07) is 7.53. The minimum atomic E-state index is 0.107. The predicted molar refractivity (Wildman–Crippen MR) is 110 cm³/mol. The van der Waals surface area contributed by atoms with Crippen LogP contribution in [-0.4, -0.2) is 53.5 Å². The van der Waals surface area contributed by atoms with Crippen molar-refractivity contribution in [1.82, 2.24) is 14.8 Å². The van der Waals surface area contributed by atoms with Crippen molar-refractivity contribution in [3.05, 3.63) is 45.4 Å². The lowest BCUT2D eigenvalue weighted by molar-refractivity contribution is 0.0628. The van der Waals surface area contributed by atoms with Crippen molar-refractivity contribution in [1.29, 1.82) is 0 Å². The third kappa shape index (κ3) is 5.30. The van der Waals surface area contributed by atoms with Gasteiger partial charge in [0.15, 0.2) is 0 Å². The number of unbranched alkanes of at least 4 members (excludes halogenated alkanes) is 1. The Bertz CT molecular complexity index is 730. The molecule has 3 rings (SSSR count). The second-order valence-electron chi connectivity index (χ2n) is 7.04. The van der Waals surface area contributed by atoms with E-state index in [1.165, 1.54) is 9.88 Å². The zero-order valence-corrected chi connectivity index (χ0v) is 17.3. The number of carbonyl (C=O) groups excluding carboxylic acids is 1. The summed E-state index contributed by atoms with van der Waals surface area (Å²) < 4.78 is 5.67. The fourth-order valence-electron chi connectivity index (χ4n) is 3.12. The zero-order chi connectivity index (χ0) is 19.2. The highest BCUT2D eigenvalue weighted by Crippen LogP contribution is 2.19. The summed E-state index contributed by atoms with van der Waals surface area (Å²) in [5.74, 6) is 0.939. The molecule has 0 saturated carbocycles. The Labute approximate surface area is 166 Å². The van der Waals surface area contributed by atoms with Crippen molar-refractivity contribution >= 4 is 17.2 Å². The fourth-order valence-corrected chi connectivity index (χ4v) is 4.09. The van der Waals surface area contributed by atoms with Crippen LogP contribution in [0.25, 0.3) is 0 Å². The lowest BCUT2D eigenvalue weighted by Crippen LogP contribution is -2.48. The van der Waals surface area contributed by atoms with Crippen LogP contribution in [0.2, 0.25) is 0 Å². The summed E-state index contributed by atoms with van der Waals surface area (Å²) in [4.78, 5) is 23.0. The summed E-state index contributed by atoms with van der Waals surface area (Å²) in [5, 5.41) is 1.17. The third-order valence-electron chi connectivity index (χ3n) is 4.96. The van der Waals surface area contributed by atoms with Crippen molar-refractivity contribution in [2.45, 2.75) is 40.2 Å². The van der Waals surface area contributed by atoms with E-state index in [2.05, 4.69) is 30.7 Å². The van der Waals surface area contributed by atoms with Crippen LogP contribution in [-0.2, 0) is 6.54 Å². The number of thiazole rings is 1. The Balaban J connectivity index is 1.49. The maximum atomic E-state index is 12.7. The molecule has 2 heterocycles. The van der Waals surface area contributed by atoms with E-state index in [0.717, 1.165) is 69.2 Å². The first-order valence-electron chi connectivity index (χ1n) is 9.74. The molecule has 1 amide bonds. The van der Waals surface area contributed by atoms with E-state index < -0.39 is 0 Å². The minimum Gasteiger partial charge on any atom is -0.494 e. The first kappa shape index (κ1) is 19.8. The summed E-state index contributed by atoms with van der Waals surface area (Å²) in [5.41, 5.74) is 1.86. The number of ether oxygens (including phenoxy) is 1. The Kier molecular flexibility index (Phi) is 6.85.